The largest absolute Gasteiger partial charge is 0.507 e. The molecule has 2 amide bonds. The van der Waals surface area contributed by atoms with Crippen molar-refractivity contribution in [2.45, 2.75) is 6.42 Å². The number of hydrogen-bond donors (Lipinski definition) is 2. The number of nitrogens with one attached hydrogen (secondary N) is 1. The zero-order valence-electron chi connectivity index (χ0n) is 15.8. The molecular weight excluding hydrogens is 358 g/mol. The molecule has 2 fully saturated rings. The molecule has 0 saturated carbocycles. The normalized spacial score (nSPS) is 20.6. The van der Waals surface area contributed by atoms with Gasteiger partial charge in [0.15, 0.2) is 0 Å². The van der Waals surface area contributed by atoms with Gasteiger partial charge in [0.1, 0.15) is 5.75 Å². The average molecular weight is 383 g/mol. The Morgan fingerprint density at radius 3 is 2.64 bits per heavy atom. The molecule has 2 heterocycles. The molecule has 1 unspecified atom stereocenters. The Bertz CT molecular complexity index is 879. The molecule has 1 atom stereocenters. The van der Waals surface area contributed by atoms with Crippen LogP contribution in [-0.2, 0) is 14.3 Å². The van der Waals surface area contributed by atoms with Gasteiger partial charge in [0.25, 0.3) is 0 Å². The molecule has 2 aromatic carbocycles. The number of nitrogens with zero attached hydrogens (tertiary/aromatic N) is 2. The number of likely N-dealkylation sites (tertiary alicyclic amines) is 1. The van der Waals surface area contributed by atoms with Crippen LogP contribution in [-0.4, -0.2) is 72.7 Å². The first-order chi connectivity index (χ1) is 13.6. The summed E-state index contributed by atoms with van der Waals surface area (Å²) in [6, 6.07) is 10.7. The van der Waals surface area contributed by atoms with Gasteiger partial charge >= 0.3 is 0 Å². The Balaban J connectivity index is 1.38. The molecule has 7 nitrogen and oxygen atoms in total. The van der Waals surface area contributed by atoms with E-state index >= 15 is 0 Å². The summed E-state index contributed by atoms with van der Waals surface area (Å²) in [5.74, 6) is -0.300. The number of rotatable bonds is 5. The summed E-state index contributed by atoms with van der Waals surface area (Å²) in [5, 5.41) is 14.4. The van der Waals surface area contributed by atoms with Crippen LogP contribution >= 0.6 is 0 Å². The maximum Gasteiger partial charge on any atom is 0.229 e. The van der Waals surface area contributed by atoms with Crippen LogP contribution in [0.3, 0.4) is 0 Å². The Morgan fingerprint density at radius 2 is 1.86 bits per heavy atom. The standard InChI is InChI=1S/C21H25N3O4/c25-19-6-5-18(16-3-1-2-4-17(16)19)22-21(27)15-13-20(26)24(14-15)8-7-23-9-11-28-12-10-23/h1-6,15,25H,7-14H2,(H,22,27). The molecule has 28 heavy (non-hydrogen) atoms. The number of benzene rings is 2. The van der Waals surface area contributed by atoms with Crippen molar-refractivity contribution < 1.29 is 19.4 Å². The van der Waals surface area contributed by atoms with E-state index in [0.717, 1.165) is 38.2 Å². The minimum Gasteiger partial charge on any atom is -0.507 e. The van der Waals surface area contributed by atoms with Crippen molar-refractivity contribution in [1.82, 2.24) is 9.80 Å². The van der Waals surface area contributed by atoms with Crippen molar-refractivity contribution in [3.05, 3.63) is 36.4 Å². The number of aromatic hydroxyl groups is 1. The molecule has 7 heteroatoms. The number of hydrogen-bond acceptors (Lipinski definition) is 5. The van der Waals surface area contributed by atoms with Crippen LogP contribution in [0.4, 0.5) is 5.69 Å². The lowest BCUT2D eigenvalue weighted by atomic mass is 10.1. The SMILES string of the molecule is O=C(Nc1ccc(O)c2ccccc12)C1CC(=O)N(CCN2CCOCC2)C1. The second-order valence-electron chi connectivity index (χ2n) is 7.36. The number of amides is 2. The number of anilines is 1. The van der Waals surface area contributed by atoms with E-state index in [1.54, 1.807) is 17.0 Å². The number of morpholine rings is 1. The van der Waals surface area contributed by atoms with Crippen LogP contribution in [0.1, 0.15) is 6.42 Å². The Morgan fingerprint density at radius 1 is 1.11 bits per heavy atom. The van der Waals surface area contributed by atoms with Gasteiger partial charge in [0.05, 0.1) is 19.1 Å². The van der Waals surface area contributed by atoms with Gasteiger partial charge < -0.3 is 20.1 Å². The maximum absolute atomic E-state index is 12.8. The van der Waals surface area contributed by atoms with Gasteiger partial charge in [-0.3, -0.25) is 14.5 Å². The van der Waals surface area contributed by atoms with Gasteiger partial charge in [-0.15, -0.1) is 0 Å². The third-order valence-electron chi connectivity index (χ3n) is 5.53. The molecule has 0 aromatic heterocycles. The molecular formula is C21H25N3O4. The summed E-state index contributed by atoms with van der Waals surface area (Å²) in [4.78, 5) is 29.2. The Hall–Kier alpha value is -2.64. The fourth-order valence-electron chi connectivity index (χ4n) is 3.88. The highest BCUT2D eigenvalue weighted by Gasteiger charge is 2.34. The third-order valence-corrected chi connectivity index (χ3v) is 5.53. The van der Waals surface area contributed by atoms with E-state index in [4.69, 9.17) is 4.74 Å². The number of ether oxygens (including phenoxy) is 1. The maximum atomic E-state index is 12.8. The van der Waals surface area contributed by atoms with Gasteiger partial charge in [-0.25, -0.2) is 0 Å². The van der Waals surface area contributed by atoms with Gasteiger partial charge in [-0.2, -0.15) is 0 Å². The average Bonchev–Trinajstić information content (AvgIpc) is 3.10. The number of carbonyl (C=O) groups is 2. The number of phenolic OH excluding ortho intramolecular Hbond substituents is 1. The van der Waals surface area contributed by atoms with Crippen LogP contribution in [0.2, 0.25) is 0 Å². The molecule has 2 aliphatic rings. The van der Waals surface area contributed by atoms with Crippen molar-refractivity contribution in [3.63, 3.8) is 0 Å². The first-order valence-electron chi connectivity index (χ1n) is 9.71. The van der Waals surface area contributed by atoms with Gasteiger partial charge in [0.2, 0.25) is 11.8 Å². The minimum absolute atomic E-state index is 0.0315. The number of phenols is 1. The van der Waals surface area contributed by atoms with Crippen LogP contribution in [0.15, 0.2) is 36.4 Å². The zero-order chi connectivity index (χ0) is 19.5. The summed E-state index contributed by atoms with van der Waals surface area (Å²) >= 11 is 0. The highest BCUT2D eigenvalue weighted by atomic mass is 16.5. The molecule has 148 valence electrons. The summed E-state index contributed by atoms with van der Waals surface area (Å²) < 4.78 is 5.34. The van der Waals surface area contributed by atoms with E-state index in [1.807, 2.05) is 24.3 Å². The fraction of sp³-hybridized carbons (Fsp3) is 0.429. The monoisotopic (exact) mass is 383 g/mol. The van der Waals surface area contributed by atoms with E-state index in [2.05, 4.69) is 10.2 Å². The Labute approximate surface area is 163 Å². The van der Waals surface area contributed by atoms with Crippen molar-refractivity contribution in [3.8, 4) is 5.75 Å². The van der Waals surface area contributed by atoms with Crippen molar-refractivity contribution in [2.75, 3.05) is 51.3 Å². The lowest BCUT2D eigenvalue weighted by molar-refractivity contribution is -0.128. The third kappa shape index (κ3) is 3.95. The second-order valence-corrected chi connectivity index (χ2v) is 7.36. The van der Waals surface area contributed by atoms with Crippen molar-refractivity contribution >= 4 is 28.3 Å². The highest BCUT2D eigenvalue weighted by molar-refractivity contribution is 6.05. The Kier molecular flexibility index (Phi) is 5.45. The first kappa shape index (κ1) is 18.7. The van der Waals surface area contributed by atoms with E-state index in [0.29, 0.717) is 24.2 Å². The lowest BCUT2D eigenvalue weighted by Gasteiger charge is -2.28. The zero-order valence-corrected chi connectivity index (χ0v) is 15.8. The molecule has 2 aliphatic heterocycles. The topological polar surface area (TPSA) is 82.1 Å². The van der Waals surface area contributed by atoms with E-state index in [9.17, 15) is 14.7 Å². The first-order valence-corrected chi connectivity index (χ1v) is 9.71. The molecule has 0 radical (unpaired) electrons. The quantitative estimate of drug-likeness (QED) is 0.768. The molecule has 0 spiro atoms. The van der Waals surface area contributed by atoms with E-state index in [-0.39, 0.29) is 29.9 Å². The van der Waals surface area contributed by atoms with Crippen LogP contribution < -0.4 is 5.32 Å². The van der Waals surface area contributed by atoms with E-state index < -0.39 is 0 Å². The summed E-state index contributed by atoms with van der Waals surface area (Å²) in [6.45, 7) is 5.15. The fourth-order valence-corrected chi connectivity index (χ4v) is 3.88. The molecule has 2 aromatic rings. The lowest BCUT2D eigenvalue weighted by Crippen LogP contribution is -2.42. The summed E-state index contributed by atoms with van der Waals surface area (Å²) in [6.07, 6.45) is 0.241. The van der Waals surface area contributed by atoms with E-state index in [1.165, 1.54) is 0 Å². The minimum atomic E-state index is -0.357. The highest BCUT2D eigenvalue weighted by Crippen LogP contribution is 2.31. The van der Waals surface area contributed by atoms with Crippen molar-refractivity contribution in [1.29, 1.82) is 0 Å². The van der Waals surface area contributed by atoms with Crippen LogP contribution in [0.25, 0.3) is 10.8 Å². The number of carbonyl (C=O) groups excluding carboxylic acids is 2. The smallest absolute Gasteiger partial charge is 0.229 e. The molecule has 0 bridgehead atoms. The molecule has 2 N–H and O–H groups in total. The molecule has 0 aliphatic carbocycles. The van der Waals surface area contributed by atoms with Crippen LogP contribution in [0, 0.1) is 5.92 Å². The predicted octanol–water partition coefficient (Wildman–Crippen LogP) is 1.66. The predicted molar refractivity (Wildman–Crippen MR) is 106 cm³/mol. The van der Waals surface area contributed by atoms with Crippen molar-refractivity contribution in [2.24, 2.45) is 5.92 Å². The van der Waals surface area contributed by atoms with Gasteiger partial charge in [0, 0.05) is 55.6 Å². The molecule has 4 rings (SSSR count). The number of fused-ring (bicyclic) bond motifs is 1. The molecule has 2 saturated heterocycles. The van der Waals surface area contributed by atoms with Gasteiger partial charge in [-0.05, 0) is 12.1 Å². The van der Waals surface area contributed by atoms with Gasteiger partial charge in [-0.1, -0.05) is 24.3 Å². The summed E-state index contributed by atoms with van der Waals surface area (Å²) in [7, 11) is 0. The summed E-state index contributed by atoms with van der Waals surface area (Å²) in [5.41, 5.74) is 0.651. The second kappa shape index (κ2) is 8.16. The van der Waals surface area contributed by atoms with Crippen LogP contribution in [0.5, 0.6) is 5.75 Å².